The summed E-state index contributed by atoms with van der Waals surface area (Å²) in [6.45, 7) is 0.957. The summed E-state index contributed by atoms with van der Waals surface area (Å²) in [4.78, 5) is 0. The van der Waals surface area contributed by atoms with Crippen LogP contribution >= 0.6 is 0 Å². The van der Waals surface area contributed by atoms with Crippen LogP contribution in [0.15, 0.2) is 71.8 Å². The molecule has 94 valence electrons. The van der Waals surface area contributed by atoms with E-state index in [9.17, 15) is 0 Å². The van der Waals surface area contributed by atoms with Gasteiger partial charge in [-0.3, -0.25) is 5.01 Å². The minimum Gasteiger partial charge on any atom is -0.265 e. The zero-order chi connectivity index (χ0) is 12.9. The molecule has 2 aromatic rings. The minimum absolute atomic E-state index is 0.957. The molecule has 0 saturated carbocycles. The highest BCUT2D eigenvalue weighted by Gasteiger charge is 2.13. The van der Waals surface area contributed by atoms with E-state index in [-0.39, 0.29) is 0 Å². The fourth-order valence-electron chi connectivity index (χ4n) is 2.14. The second-order valence-corrected chi connectivity index (χ2v) is 4.54. The van der Waals surface area contributed by atoms with Crippen molar-refractivity contribution >= 4 is 17.5 Å². The molecular weight excluding hydrogens is 232 g/mol. The number of hydrogen-bond donors (Lipinski definition) is 0. The molecule has 1 aliphatic rings. The summed E-state index contributed by atoms with van der Waals surface area (Å²) in [7, 11) is 0. The van der Waals surface area contributed by atoms with E-state index >= 15 is 0 Å². The molecule has 1 aliphatic heterocycles. The molecule has 0 unspecified atom stereocenters. The van der Waals surface area contributed by atoms with Gasteiger partial charge in [0.1, 0.15) is 0 Å². The second kappa shape index (κ2) is 5.53. The monoisotopic (exact) mass is 248 g/mol. The number of allylic oxidation sites excluding steroid dienone is 1. The summed E-state index contributed by atoms with van der Waals surface area (Å²) in [6.07, 6.45) is 5.23. The van der Waals surface area contributed by atoms with Crippen LogP contribution in [0.1, 0.15) is 12.0 Å². The maximum atomic E-state index is 4.64. The standard InChI is InChI=1S/C17H16N2/c1-3-7-15(8-4-1)11-12-16-13-14-19(18-16)17-9-5-2-6-10-17/h1-12H,13-14H2. The Hall–Kier alpha value is -2.35. The first-order valence-corrected chi connectivity index (χ1v) is 6.55. The van der Waals surface area contributed by atoms with Crippen LogP contribution < -0.4 is 5.01 Å². The molecule has 0 saturated heterocycles. The van der Waals surface area contributed by atoms with Crippen LogP contribution in [-0.4, -0.2) is 12.3 Å². The minimum atomic E-state index is 0.957. The van der Waals surface area contributed by atoms with E-state index in [1.165, 1.54) is 5.56 Å². The van der Waals surface area contributed by atoms with Crippen molar-refractivity contribution in [2.24, 2.45) is 5.10 Å². The van der Waals surface area contributed by atoms with Gasteiger partial charge in [0.25, 0.3) is 0 Å². The molecule has 2 nitrogen and oxygen atoms in total. The van der Waals surface area contributed by atoms with E-state index in [1.807, 2.05) is 36.4 Å². The fraction of sp³-hybridized carbons (Fsp3) is 0.118. The van der Waals surface area contributed by atoms with Crippen molar-refractivity contribution in [3.63, 3.8) is 0 Å². The van der Waals surface area contributed by atoms with Gasteiger partial charge < -0.3 is 0 Å². The Morgan fingerprint density at radius 1 is 0.842 bits per heavy atom. The van der Waals surface area contributed by atoms with Crippen LogP contribution in [0, 0.1) is 0 Å². The Labute approximate surface area is 113 Å². The van der Waals surface area contributed by atoms with Gasteiger partial charge in [-0.1, -0.05) is 54.6 Å². The van der Waals surface area contributed by atoms with Crippen molar-refractivity contribution in [3.8, 4) is 0 Å². The lowest BCUT2D eigenvalue weighted by Gasteiger charge is -2.12. The molecule has 0 radical (unpaired) electrons. The highest BCUT2D eigenvalue weighted by Crippen LogP contribution is 2.19. The lowest BCUT2D eigenvalue weighted by molar-refractivity contribution is 0.922. The summed E-state index contributed by atoms with van der Waals surface area (Å²) in [5, 5.41) is 6.70. The van der Waals surface area contributed by atoms with E-state index in [2.05, 4.69) is 46.5 Å². The Kier molecular flexibility index (Phi) is 3.41. The van der Waals surface area contributed by atoms with Gasteiger partial charge >= 0.3 is 0 Å². The third-order valence-electron chi connectivity index (χ3n) is 3.15. The smallest absolute Gasteiger partial charge is 0.0628 e. The van der Waals surface area contributed by atoms with E-state index in [0.29, 0.717) is 0 Å². The normalized spacial score (nSPS) is 14.9. The summed E-state index contributed by atoms with van der Waals surface area (Å²) in [6, 6.07) is 20.6. The van der Waals surface area contributed by atoms with Gasteiger partial charge in [0.15, 0.2) is 0 Å². The first kappa shape index (κ1) is 11.7. The van der Waals surface area contributed by atoms with Crippen LogP contribution in [0.2, 0.25) is 0 Å². The first-order chi connectivity index (χ1) is 9.42. The van der Waals surface area contributed by atoms with Gasteiger partial charge in [0.05, 0.1) is 11.4 Å². The molecule has 2 heteroatoms. The van der Waals surface area contributed by atoms with E-state index in [0.717, 1.165) is 24.4 Å². The molecule has 0 spiro atoms. The second-order valence-electron chi connectivity index (χ2n) is 4.54. The Morgan fingerprint density at radius 2 is 1.53 bits per heavy atom. The average molecular weight is 248 g/mol. The van der Waals surface area contributed by atoms with Crippen molar-refractivity contribution < 1.29 is 0 Å². The number of para-hydroxylation sites is 1. The quantitative estimate of drug-likeness (QED) is 0.802. The van der Waals surface area contributed by atoms with Crippen LogP contribution in [0.4, 0.5) is 5.69 Å². The number of hydrogen-bond acceptors (Lipinski definition) is 2. The molecule has 1 heterocycles. The van der Waals surface area contributed by atoms with Gasteiger partial charge in [-0.15, -0.1) is 0 Å². The summed E-state index contributed by atoms with van der Waals surface area (Å²) >= 11 is 0. The van der Waals surface area contributed by atoms with Gasteiger partial charge in [-0.25, -0.2) is 0 Å². The maximum absolute atomic E-state index is 4.64. The third-order valence-corrected chi connectivity index (χ3v) is 3.15. The lowest BCUT2D eigenvalue weighted by atomic mass is 10.2. The third kappa shape index (κ3) is 2.91. The van der Waals surface area contributed by atoms with Crippen molar-refractivity contribution in [1.82, 2.24) is 0 Å². The highest BCUT2D eigenvalue weighted by atomic mass is 15.5. The molecule has 2 aromatic carbocycles. The lowest BCUT2D eigenvalue weighted by Crippen LogP contribution is -2.11. The van der Waals surface area contributed by atoms with Crippen LogP contribution in [-0.2, 0) is 0 Å². The van der Waals surface area contributed by atoms with Gasteiger partial charge in [0.2, 0.25) is 0 Å². The summed E-state index contributed by atoms with van der Waals surface area (Å²) in [5.41, 5.74) is 3.50. The van der Waals surface area contributed by atoms with Gasteiger partial charge in [-0.2, -0.15) is 5.10 Å². The molecule has 0 aliphatic carbocycles. The fourth-order valence-corrected chi connectivity index (χ4v) is 2.14. The van der Waals surface area contributed by atoms with Crippen LogP contribution in [0.3, 0.4) is 0 Å². The van der Waals surface area contributed by atoms with Crippen molar-refractivity contribution in [3.05, 3.63) is 72.3 Å². The highest BCUT2D eigenvalue weighted by molar-refractivity contribution is 6.00. The Balaban J connectivity index is 1.72. The van der Waals surface area contributed by atoms with E-state index in [1.54, 1.807) is 0 Å². The number of rotatable bonds is 3. The molecule has 0 amide bonds. The molecule has 3 rings (SSSR count). The predicted molar refractivity (Wildman–Crippen MR) is 81.3 cm³/mol. The first-order valence-electron chi connectivity index (χ1n) is 6.55. The van der Waals surface area contributed by atoms with E-state index < -0.39 is 0 Å². The molecule has 19 heavy (non-hydrogen) atoms. The molecule has 0 fully saturated rings. The van der Waals surface area contributed by atoms with Gasteiger partial charge in [-0.05, 0) is 23.8 Å². The topological polar surface area (TPSA) is 15.6 Å². The van der Waals surface area contributed by atoms with Crippen molar-refractivity contribution in [1.29, 1.82) is 0 Å². The SMILES string of the molecule is C(=Cc1ccccc1)C1=NN(c2ccccc2)CC1. The average Bonchev–Trinajstić information content (AvgIpc) is 2.96. The summed E-state index contributed by atoms with van der Waals surface area (Å²) in [5.74, 6) is 0. The number of anilines is 1. The number of benzene rings is 2. The Morgan fingerprint density at radius 3 is 2.26 bits per heavy atom. The zero-order valence-corrected chi connectivity index (χ0v) is 10.7. The van der Waals surface area contributed by atoms with E-state index in [4.69, 9.17) is 0 Å². The molecular formula is C17H16N2. The van der Waals surface area contributed by atoms with Gasteiger partial charge in [0, 0.05) is 13.0 Å². The molecule has 0 atom stereocenters. The Bertz CT molecular complexity index is 585. The van der Waals surface area contributed by atoms with Crippen LogP contribution in [0.5, 0.6) is 0 Å². The zero-order valence-electron chi connectivity index (χ0n) is 10.7. The number of hydrazone groups is 1. The van der Waals surface area contributed by atoms with Crippen molar-refractivity contribution in [2.75, 3.05) is 11.6 Å². The largest absolute Gasteiger partial charge is 0.265 e. The predicted octanol–water partition coefficient (Wildman–Crippen LogP) is 3.97. The molecule has 0 aromatic heterocycles. The molecule has 0 bridgehead atoms. The van der Waals surface area contributed by atoms with Crippen molar-refractivity contribution in [2.45, 2.75) is 6.42 Å². The maximum Gasteiger partial charge on any atom is 0.0628 e. The number of nitrogens with zero attached hydrogens (tertiary/aromatic N) is 2. The molecule has 0 N–H and O–H groups in total. The summed E-state index contributed by atoms with van der Waals surface area (Å²) < 4.78 is 0. The van der Waals surface area contributed by atoms with Crippen LogP contribution in [0.25, 0.3) is 6.08 Å².